The number of nitrogens with zero attached hydrogens (tertiary/aromatic N) is 1. The summed E-state index contributed by atoms with van der Waals surface area (Å²) in [5.74, 6) is -0.739. The van der Waals surface area contributed by atoms with E-state index in [0.717, 1.165) is 0 Å². The number of imide groups is 1. The standard InChI is InChI=1S/C20H12O5.C5H5NO4/c21-11-5-7-15-17(9-11)24-18-10-12(22)6-8-16(18)20(15)14-4-2-1-3-13(14)19(23)25-20;7-3-10-6-4(8)1-2-5(6)9/h1-10,21-22H;3H,1-2H2/i;3D. The van der Waals surface area contributed by atoms with Crippen molar-refractivity contribution in [2.75, 3.05) is 0 Å². The molecule has 0 aliphatic carbocycles. The van der Waals surface area contributed by atoms with Gasteiger partial charge in [-0.3, -0.25) is 14.4 Å². The predicted molar refractivity (Wildman–Crippen MR) is 116 cm³/mol. The highest BCUT2D eigenvalue weighted by Gasteiger charge is 2.53. The van der Waals surface area contributed by atoms with Crippen molar-refractivity contribution in [3.63, 3.8) is 0 Å². The van der Waals surface area contributed by atoms with Gasteiger partial charge in [0.15, 0.2) is 6.97 Å². The molecule has 10 heteroatoms. The summed E-state index contributed by atoms with van der Waals surface area (Å²) in [5, 5.41) is 20.0. The lowest BCUT2D eigenvalue weighted by Crippen LogP contribution is -2.32. The lowest BCUT2D eigenvalue weighted by atomic mass is 9.77. The molecule has 1 fully saturated rings. The van der Waals surface area contributed by atoms with Gasteiger partial charge < -0.3 is 24.5 Å². The van der Waals surface area contributed by atoms with E-state index in [4.69, 9.17) is 10.8 Å². The fourth-order valence-corrected chi connectivity index (χ4v) is 4.35. The zero-order chi connectivity index (χ0) is 25.6. The Kier molecular flexibility index (Phi) is 4.84. The molecule has 0 aromatic heterocycles. The first-order chi connectivity index (χ1) is 17.2. The number of amides is 2. The smallest absolute Gasteiger partial charge is 0.340 e. The van der Waals surface area contributed by atoms with Crippen LogP contribution in [0.3, 0.4) is 0 Å². The largest absolute Gasteiger partial charge is 0.508 e. The van der Waals surface area contributed by atoms with Crippen LogP contribution in [0.1, 0.15) is 41.3 Å². The van der Waals surface area contributed by atoms with Gasteiger partial charge in [-0.05, 0) is 30.3 Å². The second kappa shape index (κ2) is 8.17. The fraction of sp³-hybridized carbons (Fsp3) is 0.120. The van der Waals surface area contributed by atoms with Crippen molar-refractivity contribution in [1.29, 1.82) is 0 Å². The van der Waals surface area contributed by atoms with Crippen molar-refractivity contribution < 1.29 is 45.1 Å². The predicted octanol–water partition coefficient (Wildman–Crippen LogP) is 2.89. The summed E-state index contributed by atoms with van der Waals surface area (Å²) in [6, 6.07) is 16.6. The van der Waals surface area contributed by atoms with Gasteiger partial charge in [-0.25, -0.2) is 4.79 Å². The monoisotopic (exact) mass is 476 g/mol. The minimum Gasteiger partial charge on any atom is -0.508 e. The number of fused-ring (bicyclic) bond motifs is 6. The molecule has 2 N–H and O–H groups in total. The van der Waals surface area contributed by atoms with Gasteiger partial charge in [0.1, 0.15) is 23.0 Å². The molecule has 3 heterocycles. The van der Waals surface area contributed by atoms with E-state index in [1.807, 2.05) is 12.1 Å². The summed E-state index contributed by atoms with van der Waals surface area (Å²) in [7, 11) is 0. The average molecular weight is 476 g/mol. The van der Waals surface area contributed by atoms with E-state index in [0.29, 0.717) is 38.8 Å². The highest BCUT2D eigenvalue weighted by Crippen LogP contribution is 2.56. The molecule has 0 unspecified atom stereocenters. The maximum absolute atomic E-state index is 12.5. The molecule has 1 saturated heterocycles. The molecule has 3 aromatic rings. The number of hydrogen-bond donors (Lipinski definition) is 2. The molecule has 10 nitrogen and oxygen atoms in total. The number of carbonyl (C=O) groups is 4. The third kappa shape index (κ3) is 3.43. The van der Waals surface area contributed by atoms with Crippen molar-refractivity contribution in [3.05, 3.63) is 82.9 Å². The number of phenols is 2. The number of esters is 1. The molecular weight excluding hydrogens is 458 g/mol. The average Bonchev–Trinajstić information content (AvgIpc) is 3.31. The van der Waals surface area contributed by atoms with Crippen LogP contribution < -0.4 is 4.74 Å². The number of benzene rings is 3. The molecule has 0 atom stereocenters. The number of hydroxylamine groups is 2. The van der Waals surface area contributed by atoms with Gasteiger partial charge in [0.25, 0.3) is 11.8 Å². The van der Waals surface area contributed by atoms with Crippen LogP contribution in [0.4, 0.5) is 0 Å². The topological polar surface area (TPSA) is 140 Å². The van der Waals surface area contributed by atoms with E-state index in [-0.39, 0.29) is 24.3 Å². The summed E-state index contributed by atoms with van der Waals surface area (Å²) >= 11 is 0. The van der Waals surface area contributed by atoms with Gasteiger partial charge in [-0.1, -0.05) is 18.2 Å². The Morgan fingerprint density at radius 2 is 1.46 bits per heavy atom. The Balaban J connectivity index is 0.000000205. The van der Waals surface area contributed by atoms with Crippen LogP contribution in [0.15, 0.2) is 60.7 Å². The molecular formula is C25H17NO9. The van der Waals surface area contributed by atoms with Crippen molar-refractivity contribution in [2.45, 2.75) is 18.4 Å². The summed E-state index contributed by atoms with van der Waals surface area (Å²) in [4.78, 5) is 47.8. The highest BCUT2D eigenvalue weighted by atomic mass is 16.7. The van der Waals surface area contributed by atoms with Crippen LogP contribution in [0.25, 0.3) is 0 Å². The first kappa shape index (κ1) is 20.7. The molecule has 176 valence electrons. The Labute approximate surface area is 199 Å². The number of ether oxygens (including phenoxy) is 2. The van der Waals surface area contributed by atoms with Crippen molar-refractivity contribution in [1.82, 2.24) is 5.06 Å². The van der Waals surface area contributed by atoms with Gasteiger partial charge in [0.2, 0.25) is 0 Å². The van der Waals surface area contributed by atoms with E-state index >= 15 is 0 Å². The summed E-state index contributed by atoms with van der Waals surface area (Å²) in [6.45, 7) is 0. The van der Waals surface area contributed by atoms with Gasteiger partial charge >= 0.3 is 12.4 Å². The number of hydrogen-bond acceptors (Lipinski definition) is 9. The molecule has 0 radical (unpaired) electrons. The summed E-state index contributed by atoms with van der Waals surface area (Å²) in [6.07, 6.45) is -1.31. The molecule has 6 rings (SSSR count). The molecule has 0 bridgehead atoms. The lowest BCUT2D eigenvalue weighted by Gasteiger charge is -2.36. The van der Waals surface area contributed by atoms with Crippen LogP contribution in [0, 0.1) is 0 Å². The number of phenolic OH excluding ortho intramolecular Hbond substituents is 2. The first-order valence-electron chi connectivity index (χ1n) is 10.9. The van der Waals surface area contributed by atoms with E-state index in [2.05, 4.69) is 4.84 Å². The van der Waals surface area contributed by atoms with Crippen molar-refractivity contribution >= 4 is 24.2 Å². The maximum Gasteiger partial charge on any atom is 0.340 e. The van der Waals surface area contributed by atoms with Gasteiger partial charge in [0, 0.05) is 41.7 Å². The van der Waals surface area contributed by atoms with E-state index in [1.165, 1.54) is 24.3 Å². The maximum atomic E-state index is 12.5. The SMILES string of the molecule is O=C1OC2(c3ccc(O)cc3Oc3cc(O)ccc32)c2ccccc21.[2H]C(=O)ON1C(=O)CCC1=O. The normalized spacial score (nSPS) is 16.7. The van der Waals surface area contributed by atoms with E-state index in [9.17, 15) is 29.4 Å². The van der Waals surface area contributed by atoms with Crippen LogP contribution in [0.5, 0.6) is 23.0 Å². The number of aromatic hydroxyl groups is 2. The van der Waals surface area contributed by atoms with Crippen molar-refractivity contribution in [2.24, 2.45) is 0 Å². The number of carbonyl (C=O) groups excluding carboxylic acids is 4. The lowest BCUT2D eigenvalue weighted by molar-refractivity contribution is -0.188. The highest BCUT2D eigenvalue weighted by molar-refractivity contribution is 6.01. The van der Waals surface area contributed by atoms with Gasteiger partial charge in [0.05, 0.1) is 5.56 Å². The quantitative estimate of drug-likeness (QED) is 0.308. The third-order valence-electron chi connectivity index (χ3n) is 5.82. The van der Waals surface area contributed by atoms with Crippen molar-refractivity contribution in [3.8, 4) is 23.0 Å². The first-order valence-corrected chi connectivity index (χ1v) is 10.4. The minimum atomic E-state index is -1.41. The summed E-state index contributed by atoms with van der Waals surface area (Å²) < 4.78 is 18.1. The van der Waals surface area contributed by atoms with E-state index in [1.54, 1.807) is 24.3 Å². The van der Waals surface area contributed by atoms with E-state index < -0.39 is 29.8 Å². The van der Waals surface area contributed by atoms with Gasteiger partial charge in [-0.2, -0.15) is 0 Å². The fourth-order valence-electron chi connectivity index (χ4n) is 4.35. The van der Waals surface area contributed by atoms with Crippen LogP contribution in [-0.2, 0) is 29.6 Å². The minimum absolute atomic E-state index is 0.0371. The zero-order valence-electron chi connectivity index (χ0n) is 18.9. The van der Waals surface area contributed by atoms with Gasteiger partial charge in [-0.15, -0.1) is 5.06 Å². The Hall–Kier alpha value is -4.86. The Morgan fingerprint density at radius 3 is 2.03 bits per heavy atom. The third-order valence-corrected chi connectivity index (χ3v) is 5.82. The molecule has 1 spiro atoms. The second-order valence-corrected chi connectivity index (χ2v) is 7.84. The molecule has 3 aliphatic rings. The molecule has 35 heavy (non-hydrogen) atoms. The Morgan fingerprint density at radius 1 is 0.886 bits per heavy atom. The second-order valence-electron chi connectivity index (χ2n) is 7.84. The number of rotatable bonds is 1. The molecule has 3 aliphatic heterocycles. The molecule has 0 saturated carbocycles. The Bertz CT molecular complexity index is 1380. The van der Waals surface area contributed by atoms with Crippen LogP contribution in [-0.4, -0.2) is 39.5 Å². The van der Waals surface area contributed by atoms with Crippen LogP contribution in [0.2, 0.25) is 0 Å². The van der Waals surface area contributed by atoms with Crippen LogP contribution >= 0.6 is 0 Å². The zero-order valence-corrected chi connectivity index (χ0v) is 17.9. The molecule has 2 amide bonds. The molecule has 3 aromatic carbocycles. The summed E-state index contributed by atoms with van der Waals surface area (Å²) in [5.41, 5.74) is 1.28.